The molecule has 4 aromatic carbocycles. The van der Waals surface area contributed by atoms with E-state index in [0.717, 1.165) is 22.3 Å². The third-order valence-electron chi connectivity index (χ3n) is 8.25. The van der Waals surface area contributed by atoms with Crippen LogP contribution in [0.4, 0.5) is 11.4 Å². The molecule has 2 N–H and O–H groups in total. The monoisotopic (exact) mass is 592 g/mol. The number of hydrogen-bond acceptors (Lipinski definition) is 4. The predicted octanol–water partition coefficient (Wildman–Crippen LogP) is 5.54. The molecule has 0 spiro atoms. The van der Waals surface area contributed by atoms with Crippen molar-refractivity contribution in [3.05, 3.63) is 130 Å². The largest absolute Gasteiger partial charge is 0.478 e. The number of carboxylic acids is 1. The van der Waals surface area contributed by atoms with E-state index >= 15 is 0 Å². The van der Waals surface area contributed by atoms with Crippen LogP contribution in [0.1, 0.15) is 48.9 Å². The Morgan fingerprint density at radius 3 is 2.08 bits per heavy atom. The first kappa shape index (κ1) is 24.5. The molecule has 1 aliphatic heterocycles. The van der Waals surface area contributed by atoms with E-state index in [1.54, 1.807) is 30.3 Å². The van der Waals surface area contributed by atoms with E-state index in [-0.39, 0.29) is 28.9 Å². The predicted molar refractivity (Wildman–Crippen MR) is 152 cm³/mol. The van der Waals surface area contributed by atoms with Gasteiger partial charge in [-0.1, -0.05) is 76.6 Å². The van der Waals surface area contributed by atoms with Crippen molar-refractivity contribution in [2.45, 2.75) is 10.2 Å². The first-order chi connectivity index (χ1) is 19.3. The standard InChI is InChI=1S/C32H21BrN2O5/c33-32-23-13-3-1-11-21(23)25(22-12-2-4-14-24(22)32)26-27(32)30(38)35(29(26)37)20-10-6-7-17(16-20)28(36)34-19-9-5-8-18(15-19)31(39)40/h1-16,25-27H,(H,34,36)(H,39,40)/t25?,26-,27-,32?/m0/s1. The third-order valence-corrected chi connectivity index (χ3v) is 9.60. The number of benzene rings is 4. The lowest BCUT2D eigenvalue weighted by Crippen LogP contribution is -2.50. The van der Waals surface area contributed by atoms with Gasteiger partial charge in [0, 0.05) is 17.2 Å². The summed E-state index contributed by atoms with van der Waals surface area (Å²) in [5.74, 6) is -3.69. The van der Waals surface area contributed by atoms with Gasteiger partial charge in [0.1, 0.15) is 0 Å². The molecule has 1 fully saturated rings. The molecule has 3 amide bonds. The Hall–Kier alpha value is -4.56. The van der Waals surface area contributed by atoms with Gasteiger partial charge in [-0.2, -0.15) is 0 Å². The van der Waals surface area contributed by atoms with Gasteiger partial charge in [-0.05, 0) is 58.7 Å². The Morgan fingerprint density at radius 2 is 1.40 bits per heavy atom. The Kier molecular flexibility index (Phi) is 5.34. The first-order valence-corrected chi connectivity index (χ1v) is 13.6. The maximum absolute atomic E-state index is 14.2. The fourth-order valence-corrected chi connectivity index (χ4v) is 7.86. The number of imide groups is 1. The fraction of sp³-hybridized carbons (Fsp3) is 0.125. The lowest BCUT2D eigenvalue weighted by Gasteiger charge is -2.51. The van der Waals surface area contributed by atoms with Gasteiger partial charge in [-0.25, -0.2) is 9.69 Å². The summed E-state index contributed by atoms with van der Waals surface area (Å²) in [6, 6.07) is 28.2. The summed E-state index contributed by atoms with van der Waals surface area (Å²) >= 11 is 3.99. The third kappa shape index (κ3) is 3.29. The van der Waals surface area contributed by atoms with E-state index in [2.05, 4.69) is 21.2 Å². The summed E-state index contributed by atoms with van der Waals surface area (Å²) in [6.07, 6.45) is 0. The van der Waals surface area contributed by atoms with Crippen LogP contribution < -0.4 is 10.2 Å². The molecule has 3 aliphatic carbocycles. The lowest BCUT2D eigenvalue weighted by molar-refractivity contribution is -0.122. The molecule has 8 rings (SSSR count). The normalized spacial score (nSPS) is 23.8. The summed E-state index contributed by atoms with van der Waals surface area (Å²) in [5.41, 5.74) is 5.00. The zero-order chi connectivity index (χ0) is 27.8. The fourth-order valence-electron chi connectivity index (χ4n) is 6.65. The van der Waals surface area contributed by atoms with Gasteiger partial charge in [-0.15, -0.1) is 0 Å². The molecule has 0 saturated carbocycles. The van der Waals surface area contributed by atoms with Crippen molar-refractivity contribution in [1.29, 1.82) is 0 Å². The number of carboxylic acid groups (broad SMARTS) is 1. The Bertz CT molecular complexity index is 1740. The average molecular weight is 593 g/mol. The number of carbonyl (C=O) groups is 4. The van der Waals surface area contributed by atoms with Crippen molar-refractivity contribution in [3.63, 3.8) is 0 Å². The van der Waals surface area contributed by atoms with Gasteiger partial charge < -0.3 is 10.4 Å². The van der Waals surface area contributed by atoms with Crippen LogP contribution in [0.15, 0.2) is 97.1 Å². The number of anilines is 2. The number of hydrogen-bond donors (Lipinski definition) is 2. The highest BCUT2D eigenvalue weighted by atomic mass is 79.9. The SMILES string of the molecule is O=C(O)c1cccc(NC(=O)c2cccc(N3C(=O)[C@@H]4[C@@H](C3=O)C3c5ccccc5C4(Br)c4ccccc43)c2)c1. The summed E-state index contributed by atoms with van der Waals surface area (Å²) in [7, 11) is 0. The van der Waals surface area contributed by atoms with Crippen LogP contribution in [0.3, 0.4) is 0 Å². The second kappa shape index (κ2) is 8.72. The van der Waals surface area contributed by atoms with E-state index in [1.807, 2.05) is 48.5 Å². The molecule has 1 saturated heterocycles. The molecule has 4 aromatic rings. The number of halogens is 1. The zero-order valence-electron chi connectivity index (χ0n) is 20.9. The quantitative estimate of drug-likeness (QED) is 0.239. The van der Waals surface area contributed by atoms with Gasteiger partial charge in [0.25, 0.3) is 5.91 Å². The highest BCUT2D eigenvalue weighted by Crippen LogP contribution is 2.66. The number of carbonyl (C=O) groups excluding carboxylic acids is 3. The molecule has 2 bridgehead atoms. The molecule has 40 heavy (non-hydrogen) atoms. The molecule has 4 aliphatic rings. The first-order valence-electron chi connectivity index (χ1n) is 12.8. The van der Waals surface area contributed by atoms with Crippen LogP contribution in [-0.2, 0) is 13.9 Å². The second-order valence-electron chi connectivity index (χ2n) is 10.3. The Morgan fingerprint density at radius 1 is 0.775 bits per heavy atom. The smallest absolute Gasteiger partial charge is 0.335 e. The van der Waals surface area contributed by atoms with Crippen LogP contribution in [0.2, 0.25) is 0 Å². The highest BCUT2D eigenvalue weighted by molar-refractivity contribution is 9.09. The van der Waals surface area contributed by atoms with Crippen LogP contribution in [0.25, 0.3) is 0 Å². The molecule has 0 radical (unpaired) electrons. The van der Waals surface area contributed by atoms with Crippen molar-refractivity contribution in [2.75, 3.05) is 10.2 Å². The minimum Gasteiger partial charge on any atom is -0.478 e. The lowest BCUT2D eigenvalue weighted by atomic mass is 9.55. The summed E-state index contributed by atoms with van der Waals surface area (Å²) in [5, 5.41) is 11.9. The van der Waals surface area contributed by atoms with Crippen LogP contribution in [0, 0.1) is 11.8 Å². The van der Waals surface area contributed by atoms with Gasteiger partial charge in [-0.3, -0.25) is 14.4 Å². The van der Waals surface area contributed by atoms with Crippen molar-refractivity contribution < 1.29 is 24.3 Å². The van der Waals surface area contributed by atoms with Crippen molar-refractivity contribution >= 4 is 51.0 Å². The number of rotatable bonds is 4. The van der Waals surface area contributed by atoms with Crippen LogP contribution >= 0.6 is 15.9 Å². The number of alkyl halides is 1. The number of aromatic carboxylic acids is 1. The molecule has 2 atom stereocenters. The average Bonchev–Trinajstić information content (AvgIpc) is 3.24. The summed E-state index contributed by atoms with van der Waals surface area (Å²) in [4.78, 5) is 53.9. The molecule has 8 heteroatoms. The topological polar surface area (TPSA) is 104 Å². The number of nitrogens with zero attached hydrogens (tertiary/aromatic N) is 1. The van der Waals surface area contributed by atoms with Gasteiger partial charge in [0.05, 0.1) is 27.4 Å². The zero-order valence-corrected chi connectivity index (χ0v) is 22.5. The molecular formula is C32H21BrN2O5. The summed E-state index contributed by atoms with van der Waals surface area (Å²) < 4.78 is -0.856. The number of nitrogens with one attached hydrogen (secondary N) is 1. The number of amides is 3. The van der Waals surface area contributed by atoms with Crippen LogP contribution in [-0.4, -0.2) is 28.8 Å². The van der Waals surface area contributed by atoms with E-state index in [9.17, 15) is 24.3 Å². The van der Waals surface area contributed by atoms with Crippen molar-refractivity contribution in [3.8, 4) is 0 Å². The van der Waals surface area contributed by atoms with Gasteiger partial charge >= 0.3 is 5.97 Å². The minimum atomic E-state index is -1.10. The van der Waals surface area contributed by atoms with E-state index in [1.165, 1.54) is 23.1 Å². The van der Waals surface area contributed by atoms with Crippen molar-refractivity contribution in [2.24, 2.45) is 11.8 Å². The van der Waals surface area contributed by atoms with Gasteiger partial charge in [0.2, 0.25) is 11.8 Å². The van der Waals surface area contributed by atoms with Crippen LogP contribution in [0.5, 0.6) is 0 Å². The molecule has 1 heterocycles. The summed E-state index contributed by atoms with van der Waals surface area (Å²) in [6.45, 7) is 0. The maximum Gasteiger partial charge on any atom is 0.335 e. The second-order valence-corrected chi connectivity index (χ2v) is 11.5. The molecule has 7 nitrogen and oxygen atoms in total. The van der Waals surface area contributed by atoms with Gasteiger partial charge in [0.15, 0.2) is 0 Å². The Labute approximate surface area is 237 Å². The molecule has 0 aromatic heterocycles. The van der Waals surface area contributed by atoms with Crippen molar-refractivity contribution in [1.82, 2.24) is 0 Å². The van der Waals surface area contributed by atoms with E-state index in [0.29, 0.717) is 11.4 Å². The van der Waals surface area contributed by atoms with E-state index in [4.69, 9.17) is 0 Å². The highest BCUT2D eigenvalue weighted by Gasteiger charge is 2.67. The molecule has 196 valence electrons. The molecule has 0 unspecified atom stereocenters. The Balaban J connectivity index is 1.26. The molecular weight excluding hydrogens is 572 g/mol. The minimum absolute atomic E-state index is 0.0442. The van der Waals surface area contributed by atoms with E-state index < -0.39 is 28.0 Å². The maximum atomic E-state index is 14.2.